The van der Waals surface area contributed by atoms with E-state index < -0.39 is 16.9 Å². The van der Waals surface area contributed by atoms with Crippen molar-refractivity contribution in [2.24, 2.45) is 0 Å². The van der Waals surface area contributed by atoms with Crippen LogP contribution in [0.25, 0.3) is 0 Å². The van der Waals surface area contributed by atoms with Gasteiger partial charge in [-0.05, 0) is 57.2 Å². The Kier molecular flexibility index (Phi) is 8.62. The smallest absolute Gasteiger partial charge is 0.339 e. The molecule has 0 saturated carbocycles. The van der Waals surface area contributed by atoms with Gasteiger partial charge >= 0.3 is 17.6 Å². The van der Waals surface area contributed by atoms with E-state index in [1.54, 1.807) is 19.9 Å². The van der Waals surface area contributed by atoms with Gasteiger partial charge in [0.1, 0.15) is 5.69 Å². The fourth-order valence-electron chi connectivity index (χ4n) is 3.13. The third kappa shape index (κ3) is 6.18. The number of ether oxygens (including phenoxy) is 2. The molecule has 3 rings (SSSR count). The average molecular weight is 534 g/mol. The van der Waals surface area contributed by atoms with Crippen LogP contribution < -0.4 is 10.6 Å². The monoisotopic (exact) mass is 533 g/mol. The minimum atomic E-state index is -0.637. The summed E-state index contributed by atoms with van der Waals surface area (Å²) in [6.07, 6.45) is 0. The van der Waals surface area contributed by atoms with Crippen LogP contribution in [0.3, 0.4) is 0 Å². The number of aromatic nitrogens is 2. The SMILES string of the molecule is CCOC(=O)c1cc(Nc2nc(C)c([N+](=O)[O-])c(Nc3ccc(Cl)c(C(=O)OCC)c3)n2)ccc1Cl. The molecule has 0 atom stereocenters. The maximum Gasteiger partial charge on any atom is 0.339 e. The molecule has 0 aliphatic rings. The average Bonchev–Trinajstić information content (AvgIpc) is 2.81. The Labute approximate surface area is 215 Å². The van der Waals surface area contributed by atoms with Gasteiger partial charge < -0.3 is 20.1 Å². The van der Waals surface area contributed by atoms with Crippen LogP contribution in [0.2, 0.25) is 10.0 Å². The fourth-order valence-corrected chi connectivity index (χ4v) is 3.52. The molecule has 0 aliphatic carbocycles. The Hall–Kier alpha value is -3.96. The number of hydrogen-bond donors (Lipinski definition) is 2. The maximum absolute atomic E-state index is 12.2. The third-order valence-corrected chi connectivity index (χ3v) is 5.34. The molecule has 0 radical (unpaired) electrons. The topological polar surface area (TPSA) is 146 Å². The molecule has 0 saturated heterocycles. The minimum absolute atomic E-state index is 0.0114. The summed E-state index contributed by atoms with van der Waals surface area (Å²) >= 11 is 12.2. The van der Waals surface area contributed by atoms with Crippen molar-refractivity contribution in [1.29, 1.82) is 0 Å². The normalized spacial score (nSPS) is 10.5. The van der Waals surface area contributed by atoms with Gasteiger partial charge in [-0.15, -0.1) is 0 Å². The Morgan fingerprint density at radius 2 is 1.42 bits per heavy atom. The molecule has 13 heteroatoms. The first-order valence-electron chi connectivity index (χ1n) is 10.6. The van der Waals surface area contributed by atoms with Gasteiger partial charge in [0.05, 0.1) is 39.3 Å². The first-order chi connectivity index (χ1) is 17.1. The standard InChI is InChI=1S/C23H21Cl2N5O6/c1-4-35-21(31)15-10-13(6-8-17(15)24)27-20-19(30(33)34)12(3)26-23(29-20)28-14-7-9-18(25)16(11-14)22(32)36-5-2/h6-11H,4-5H2,1-3H3,(H2,26,27,28,29). The highest BCUT2D eigenvalue weighted by Gasteiger charge is 2.23. The lowest BCUT2D eigenvalue weighted by molar-refractivity contribution is -0.385. The van der Waals surface area contributed by atoms with E-state index >= 15 is 0 Å². The van der Waals surface area contributed by atoms with Crippen molar-refractivity contribution < 1.29 is 24.0 Å². The molecule has 1 aromatic heterocycles. The highest BCUT2D eigenvalue weighted by Crippen LogP contribution is 2.32. The second-order valence-electron chi connectivity index (χ2n) is 7.17. The number of rotatable bonds is 9. The molecular formula is C23H21Cl2N5O6. The van der Waals surface area contributed by atoms with E-state index in [0.717, 1.165) is 0 Å². The summed E-state index contributed by atoms with van der Waals surface area (Å²) < 4.78 is 9.99. The van der Waals surface area contributed by atoms with Gasteiger partial charge in [-0.2, -0.15) is 4.98 Å². The Morgan fingerprint density at radius 3 is 1.89 bits per heavy atom. The quantitative estimate of drug-likeness (QED) is 0.195. The van der Waals surface area contributed by atoms with Crippen LogP contribution >= 0.6 is 23.2 Å². The van der Waals surface area contributed by atoms with Crippen LogP contribution in [-0.2, 0) is 9.47 Å². The van der Waals surface area contributed by atoms with E-state index in [1.807, 2.05) is 0 Å². The molecule has 1 heterocycles. The number of carbonyl (C=O) groups is 2. The zero-order valence-electron chi connectivity index (χ0n) is 19.4. The summed E-state index contributed by atoms with van der Waals surface area (Å²) in [5.74, 6) is -1.36. The van der Waals surface area contributed by atoms with Crippen molar-refractivity contribution in [3.63, 3.8) is 0 Å². The Balaban J connectivity index is 1.98. The first-order valence-corrected chi connectivity index (χ1v) is 11.4. The molecule has 3 aromatic rings. The van der Waals surface area contributed by atoms with Crippen molar-refractivity contribution in [2.75, 3.05) is 23.8 Å². The van der Waals surface area contributed by atoms with Gasteiger partial charge in [0, 0.05) is 11.4 Å². The van der Waals surface area contributed by atoms with Crippen molar-refractivity contribution in [2.45, 2.75) is 20.8 Å². The number of nitrogens with zero attached hydrogens (tertiary/aromatic N) is 3. The van der Waals surface area contributed by atoms with Gasteiger partial charge in [-0.25, -0.2) is 14.6 Å². The maximum atomic E-state index is 12.2. The Bertz CT molecular complexity index is 1330. The van der Waals surface area contributed by atoms with Gasteiger partial charge in [0.2, 0.25) is 11.8 Å². The summed E-state index contributed by atoms with van der Waals surface area (Å²) in [5, 5.41) is 17.9. The molecule has 2 N–H and O–H groups in total. The van der Waals surface area contributed by atoms with E-state index in [2.05, 4.69) is 20.6 Å². The number of hydrogen-bond acceptors (Lipinski definition) is 10. The number of nitro groups is 1. The molecule has 0 amide bonds. The minimum Gasteiger partial charge on any atom is -0.462 e. The van der Waals surface area contributed by atoms with Crippen LogP contribution in [0.1, 0.15) is 40.3 Å². The summed E-state index contributed by atoms with van der Waals surface area (Å²) in [6.45, 7) is 5.11. The molecule has 2 aromatic carbocycles. The molecular weight excluding hydrogens is 513 g/mol. The predicted molar refractivity (Wildman–Crippen MR) is 135 cm³/mol. The summed E-state index contributed by atoms with van der Waals surface area (Å²) in [6, 6.07) is 8.93. The lowest BCUT2D eigenvalue weighted by Crippen LogP contribution is -2.09. The molecule has 36 heavy (non-hydrogen) atoms. The Morgan fingerprint density at radius 1 is 0.917 bits per heavy atom. The number of benzene rings is 2. The van der Waals surface area contributed by atoms with Crippen LogP contribution in [0.5, 0.6) is 0 Å². The number of nitrogens with one attached hydrogen (secondary N) is 2. The van der Waals surface area contributed by atoms with Crippen LogP contribution in [0.15, 0.2) is 36.4 Å². The van der Waals surface area contributed by atoms with E-state index in [1.165, 1.54) is 37.3 Å². The largest absolute Gasteiger partial charge is 0.462 e. The van der Waals surface area contributed by atoms with Crippen molar-refractivity contribution in [1.82, 2.24) is 9.97 Å². The fraction of sp³-hybridized carbons (Fsp3) is 0.217. The number of anilines is 4. The summed E-state index contributed by atoms with van der Waals surface area (Å²) in [7, 11) is 0. The molecule has 188 valence electrons. The van der Waals surface area contributed by atoms with Crippen molar-refractivity contribution >= 4 is 64.0 Å². The second kappa shape index (κ2) is 11.6. The molecule has 0 bridgehead atoms. The van der Waals surface area contributed by atoms with Gasteiger partial charge in [0.15, 0.2) is 0 Å². The lowest BCUT2D eigenvalue weighted by atomic mass is 10.2. The molecule has 0 fully saturated rings. The highest BCUT2D eigenvalue weighted by molar-refractivity contribution is 6.34. The molecule has 0 unspecified atom stereocenters. The second-order valence-corrected chi connectivity index (χ2v) is 7.98. The number of aryl methyl sites for hydroxylation is 1. The number of halogens is 2. The number of carbonyl (C=O) groups excluding carboxylic acids is 2. The van der Waals surface area contributed by atoms with Gasteiger partial charge in [0.25, 0.3) is 0 Å². The molecule has 0 spiro atoms. The van der Waals surface area contributed by atoms with Crippen molar-refractivity contribution in [3.05, 3.63) is 73.4 Å². The summed E-state index contributed by atoms with van der Waals surface area (Å²) in [5.41, 5.74) is 0.634. The lowest BCUT2D eigenvalue weighted by Gasteiger charge is -2.13. The highest BCUT2D eigenvalue weighted by atomic mass is 35.5. The van der Waals surface area contributed by atoms with E-state index in [0.29, 0.717) is 11.4 Å². The first kappa shape index (κ1) is 26.6. The molecule has 11 nitrogen and oxygen atoms in total. The van der Waals surface area contributed by atoms with Crippen LogP contribution in [0, 0.1) is 17.0 Å². The van der Waals surface area contributed by atoms with Crippen LogP contribution in [-0.4, -0.2) is 40.0 Å². The number of esters is 2. The molecule has 0 aliphatic heterocycles. The van der Waals surface area contributed by atoms with Gasteiger partial charge in [-0.3, -0.25) is 10.1 Å². The van der Waals surface area contributed by atoms with E-state index in [9.17, 15) is 19.7 Å². The zero-order valence-corrected chi connectivity index (χ0v) is 20.9. The zero-order chi connectivity index (χ0) is 26.4. The van der Waals surface area contributed by atoms with Gasteiger partial charge in [-0.1, -0.05) is 23.2 Å². The predicted octanol–water partition coefficient (Wildman–Crippen LogP) is 5.84. The van der Waals surface area contributed by atoms with E-state index in [4.69, 9.17) is 32.7 Å². The third-order valence-electron chi connectivity index (χ3n) is 4.68. The van der Waals surface area contributed by atoms with Crippen molar-refractivity contribution in [3.8, 4) is 0 Å². The van der Waals surface area contributed by atoms with Crippen LogP contribution in [0.4, 0.5) is 28.8 Å². The summed E-state index contributed by atoms with van der Waals surface area (Å²) in [4.78, 5) is 43.8. The van der Waals surface area contributed by atoms with E-state index in [-0.39, 0.29) is 57.5 Å².